The summed E-state index contributed by atoms with van der Waals surface area (Å²) >= 11 is 5.30. The Morgan fingerprint density at radius 3 is 2.41 bits per heavy atom. The van der Waals surface area contributed by atoms with Crippen LogP contribution in [0.3, 0.4) is 0 Å². The van der Waals surface area contributed by atoms with E-state index in [2.05, 4.69) is 10.1 Å². The van der Waals surface area contributed by atoms with Crippen LogP contribution in [0.1, 0.15) is 33.6 Å². The van der Waals surface area contributed by atoms with Crippen molar-refractivity contribution < 1.29 is 19.1 Å². The first kappa shape index (κ1) is 16.0. The molecular formula is C11H20ClNO4. The molecule has 5 nitrogen and oxygen atoms in total. The Morgan fingerprint density at radius 2 is 1.94 bits per heavy atom. The number of ether oxygens (including phenoxy) is 2. The number of alkyl carbamates (subject to hydrolysis) is 1. The average Bonchev–Trinajstić information content (AvgIpc) is 2.26. The SMILES string of the molecule is CCCCOC(=O)N[C@H](C(=O)OCCl)C(C)C. The predicted octanol–water partition coefficient (Wildman–Crippen LogP) is 2.28. The van der Waals surface area contributed by atoms with E-state index in [1.54, 1.807) is 13.8 Å². The van der Waals surface area contributed by atoms with Crippen molar-refractivity contribution in [2.24, 2.45) is 5.92 Å². The highest BCUT2D eigenvalue weighted by atomic mass is 35.5. The van der Waals surface area contributed by atoms with Gasteiger partial charge in [0.05, 0.1) is 6.61 Å². The highest BCUT2D eigenvalue weighted by Crippen LogP contribution is 2.05. The molecule has 0 aromatic rings. The lowest BCUT2D eigenvalue weighted by Gasteiger charge is -2.19. The second kappa shape index (κ2) is 9.10. The van der Waals surface area contributed by atoms with Gasteiger partial charge in [-0.2, -0.15) is 0 Å². The van der Waals surface area contributed by atoms with Gasteiger partial charge in [-0.1, -0.05) is 38.8 Å². The minimum absolute atomic E-state index is 0.0931. The normalized spacial score (nSPS) is 12.1. The quantitative estimate of drug-likeness (QED) is 0.436. The number of halogens is 1. The average molecular weight is 266 g/mol. The second-order valence-electron chi connectivity index (χ2n) is 3.93. The van der Waals surface area contributed by atoms with E-state index in [4.69, 9.17) is 16.3 Å². The molecule has 1 N–H and O–H groups in total. The lowest BCUT2D eigenvalue weighted by atomic mass is 10.1. The maximum absolute atomic E-state index is 11.5. The summed E-state index contributed by atoms with van der Waals surface area (Å²) in [4.78, 5) is 22.8. The van der Waals surface area contributed by atoms with E-state index in [0.29, 0.717) is 6.61 Å². The molecule has 0 saturated carbocycles. The number of rotatable bonds is 7. The minimum atomic E-state index is -0.733. The van der Waals surface area contributed by atoms with Crippen molar-refractivity contribution in [3.05, 3.63) is 0 Å². The van der Waals surface area contributed by atoms with Crippen molar-refractivity contribution in [2.75, 3.05) is 12.7 Å². The smallest absolute Gasteiger partial charge is 0.407 e. The van der Waals surface area contributed by atoms with Crippen molar-refractivity contribution in [2.45, 2.75) is 39.7 Å². The number of hydrogen-bond acceptors (Lipinski definition) is 4. The van der Waals surface area contributed by atoms with Crippen LogP contribution in [-0.2, 0) is 14.3 Å². The number of amides is 1. The van der Waals surface area contributed by atoms with Crippen molar-refractivity contribution >= 4 is 23.7 Å². The predicted molar refractivity (Wildman–Crippen MR) is 64.8 cm³/mol. The third-order valence-electron chi connectivity index (χ3n) is 2.12. The molecular weight excluding hydrogens is 246 g/mol. The van der Waals surface area contributed by atoms with Gasteiger partial charge in [-0.15, -0.1) is 0 Å². The zero-order chi connectivity index (χ0) is 13.3. The number of carbonyl (C=O) groups excluding carboxylic acids is 2. The summed E-state index contributed by atoms with van der Waals surface area (Å²) in [6, 6.07) is -0.961. The number of hydrogen-bond donors (Lipinski definition) is 1. The van der Waals surface area contributed by atoms with E-state index in [0.717, 1.165) is 12.8 Å². The van der Waals surface area contributed by atoms with Gasteiger partial charge in [0, 0.05) is 0 Å². The van der Waals surface area contributed by atoms with Gasteiger partial charge in [0.25, 0.3) is 0 Å². The Hall–Kier alpha value is -0.970. The van der Waals surface area contributed by atoms with Crippen LogP contribution < -0.4 is 5.32 Å². The van der Waals surface area contributed by atoms with Gasteiger partial charge in [0.2, 0.25) is 0 Å². The van der Waals surface area contributed by atoms with Gasteiger partial charge < -0.3 is 14.8 Å². The maximum Gasteiger partial charge on any atom is 0.407 e. The molecule has 0 aromatic heterocycles. The lowest BCUT2D eigenvalue weighted by molar-refractivity contribution is -0.145. The second-order valence-corrected chi connectivity index (χ2v) is 4.15. The molecule has 1 atom stereocenters. The summed E-state index contributed by atoms with van der Waals surface area (Å²) in [5.41, 5.74) is 0. The third kappa shape index (κ3) is 7.05. The molecule has 100 valence electrons. The highest BCUT2D eigenvalue weighted by Gasteiger charge is 2.25. The Labute approximate surface area is 107 Å². The molecule has 0 heterocycles. The Bertz CT molecular complexity index is 246. The number of esters is 1. The first-order chi connectivity index (χ1) is 8.02. The molecule has 0 aromatic carbocycles. The standard InChI is InChI=1S/C11H20ClNO4/c1-4-5-6-16-11(15)13-9(8(2)3)10(14)17-7-12/h8-9H,4-7H2,1-3H3,(H,13,15)/t9-/m0/s1. The summed E-state index contributed by atoms with van der Waals surface area (Å²) < 4.78 is 9.55. The van der Waals surface area contributed by atoms with Gasteiger partial charge in [0.1, 0.15) is 6.04 Å². The van der Waals surface area contributed by atoms with Crippen LogP contribution in [0.5, 0.6) is 0 Å². The van der Waals surface area contributed by atoms with E-state index >= 15 is 0 Å². The van der Waals surface area contributed by atoms with E-state index < -0.39 is 18.1 Å². The van der Waals surface area contributed by atoms with Crippen LogP contribution in [0.25, 0.3) is 0 Å². The van der Waals surface area contributed by atoms with E-state index in [1.807, 2.05) is 6.92 Å². The van der Waals surface area contributed by atoms with Crippen molar-refractivity contribution in [3.8, 4) is 0 Å². The molecule has 0 radical (unpaired) electrons. The molecule has 0 aliphatic rings. The number of nitrogens with one attached hydrogen (secondary N) is 1. The third-order valence-corrected chi connectivity index (χ3v) is 2.23. The van der Waals surface area contributed by atoms with Crippen molar-refractivity contribution in [1.82, 2.24) is 5.32 Å². The van der Waals surface area contributed by atoms with E-state index in [-0.39, 0.29) is 12.0 Å². The topological polar surface area (TPSA) is 64.6 Å². The minimum Gasteiger partial charge on any atom is -0.450 e. The zero-order valence-electron chi connectivity index (χ0n) is 10.5. The molecule has 0 fully saturated rings. The van der Waals surface area contributed by atoms with E-state index in [1.165, 1.54) is 0 Å². The molecule has 0 aliphatic heterocycles. The van der Waals surface area contributed by atoms with Gasteiger partial charge in [-0.25, -0.2) is 9.59 Å². The number of alkyl halides is 1. The van der Waals surface area contributed by atoms with Crippen LogP contribution in [0.4, 0.5) is 4.79 Å². The molecule has 0 bridgehead atoms. The first-order valence-electron chi connectivity index (χ1n) is 5.68. The van der Waals surface area contributed by atoms with Crippen LogP contribution >= 0.6 is 11.6 Å². The maximum atomic E-state index is 11.5. The first-order valence-corrected chi connectivity index (χ1v) is 6.22. The monoisotopic (exact) mass is 265 g/mol. The summed E-state index contributed by atoms with van der Waals surface area (Å²) in [5, 5.41) is 2.47. The fourth-order valence-corrected chi connectivity index (χ4v) is 1.23. The highest BCUT2D eigenvalue weighted by molar-refractivity contribution is 6.17. The van der Waals surface area contributed by atoms with Crippen LogP contribution in [0.2, 0.25) is 0 Å². The molecule has 0 unspecified atom stereocenters. The Balaban J connectivity index is 4.15. The Morgan fingerprint density at radius 1 is 1.29 bits per heavy atom. The fraction of sp³-hybridized carbons (Fsp3) is 0.818. The summed E-state index contributed by atoms with van der Waals surface area (Å²) in [6.07, 6.45) is 1.13. The lowest BCUT2D eigenvalue weighted by Crippen LogP contribution is -2.45. The number of unbranched alkanes of at least 4 members (excludes halogenated alkanes) is 1. The van der Waals surface area contributed by atoms with E-state index in [9.17, 15) is 9.59 Å². The largest absolute Gasteiger partial charge is 0.450 e. The zero-order valence-corrected chi connectivity index (χ0v) is 11.3. The van der Waals surface area contributed by atoms with Gasteiger partial charge in [-0.3, -0.25) is 0 Å². The molecule has 0 rings (SSSR count). The molecule has 17 heavy (non-hydrogen) atoms. The van der Waals surface area contributed by atoms with Crippen molar-refractivity contribution in [1.29, 1.82) is 0 Å². The van der Waals surface area contributed by atoms with Gasteiger partial charge in [-0.05, 0) is 12.3 Å². The number of carbonyl (C=O) groups is 2. The van der Waals surface area contributed by atoms with Gasteiger partial charge >= 0.3 is 12.1 Å². The van der Waals surface area contributed by atoms with Crippen LogP contribution in [0.15, 0.2) is 0 Å². The molecule has 6 heteroatoms. The summed E-state index contributed by atoms with van der Waals surface area (Å²) in [7, 11) is 0. The molecule has 0 saturated heterocycles. The fourth-order valence-electron chi connectivity index (χ4n) is 1.12. The van der Waals surface area contributed by atoms with Crippen LogP contribution in [-0.4, -0.2) is 30.8 Å². The molecule has 1 amide bonds. The molecule has 0 aliphatic carbocycles. The summed E-state index contributed by atoms with van der Waals surface area (Å²) in [6.45, 7) is 5.94. The molecule has 0 spiro atoms. The van der Waals surface area contributed by atoms with Gasteiger partial charge in [0.15, 0.2) is 6.07 Å². The van der Waals surface area contributed by atoms with Crippen LogP contribution in [0, 0.1) is 5.92 Å². The summed E-state index contributed by atoms with van der Waals surface area (Å²) in [5.74, 6) is -0.646. The Kier molecular flexibility index (Phi) is 8.58. The van der Waals surface area contributed by atoms with Crippen molar-refractivity contribution in [3.63, 3.8) is 0 Å².